The number of aliphatic imine (C=N–C) groups is 1. The molecule has 19 heavy (non-hydrogen) atoms. The number of carboxylic acid groups (broad SMARTS) is 1. The number of hydrogen-bond acceptors (Lipinski definition) is 6. The maximum absolute atomic E-state index is 11.6. The molecule has 0 spiro atoms. The Hall–Kier alpha value is -1.73. The number of aliphatic carboxylic acids is 1. The molecule has 2 aliphatic heterocycles. The van der Waals surface area contributed by atoms with E-state index in [1.54, 1.807) is 0 Å². The van der Waals surface area contributed by atoms with Crippen LogP contribution in [0.15, 0.2) is 16.9 Å². The van der Waals surface area contributed by atoms with Crippen molar-refractivity contribution < 1.29 is 24.5 Å². The molecule has 104 valence electrons. The van der Waals surface area contributed by atoms with Gasteiger partial charge in [0, 0.05) is 31.3 Å². The van der Waals surface area contributed by atoms with Crippen molar-refractivity contribution in [2.24, 2.45) is 4.99 Å². The van der Waals surface area contributed by atoms with Crippen LogP contribution in [0.3, 0.4) is 0 Å². The van der Waals surface area contributed by atoms with Crippen molar-refractivity contribution >= 4 is 17.5 Å². The van der Waals surface area contributed by atoms with Gasteiger partial charge in [-0.25, -0.2) is 4.99 Å². The monoisotopic (exact) mass is 268 g/mol. The molecule has 0 aromatic carbocycles. The number of morpholine rings is 1. The molecule has 0 bridgehead atoms. The van der Waals surface area contributed by atoms with E-state index in [-0.39, 0.29) is 31.3 Å². The van der Waals surface area contributed by atoms with E-state index in [2.05, 4.69) is 4.99 Å². The maximum Gasteiger partial charge on any atom is 0.309 e. The molecule has 1 saturated heterocycles. The Balaban J connectivity index is 2.11. The number of aliphatic hydroxyl groups is 1. The van der Waals surface area contributed by atoms with Gasteiger partial charge in [0.2, 0.25) is 0 Å². The standard InChI is InChI=1S/C12H16N2O5/c15-7-10-6-14(1-2-19-10)11-5-9(16)3-8(13-11)4-12(17)18/h5,10,15H,1-4,6-7H2,(H,17,18). The third-order valence-electron chi connectivity index (χ3n) is 2.96. The molecule has 0 aromatic rings. The summed E-state index contributed by atoms with van der Waals surface area (Å²) in [6.07, 6.45) is 0.954. The smallest absolute Gasteiger partial charge is 0.309 e. The lowest BCUT2D eigenvalue weighted by atomic mass is 10.1. The Labute approximate surface area is 110 Å². The van der Waals surface area contributed by atoms with Crippen LogP contribution >= 0.6 is 0 Å². The first kappa shape index (κ1) is 13.7. The topological polar surface area (TPSA) is 99.4 Å². The highest BCUT2D eigenvalue weighted by Gasteiger charge is 2.25. The summed E-state index contributed by atoms with van der Waals surface area (Å²) in [6.45, 7) is 1.36. The molecule has 1 unspecified atom stereocenters. The Kier molecular flexibility index (Phi) is 4.28. The van der Waals surface area contributed by atoms with Crippen LogP contribution in [0.1, 0.15) is 12.8 Å². The zero-order valence-corrected chi connectivity index (χ0v) is 10.4. The van der Waals surface area contributed by atoms with Gasteiger partial charge in [0.15, 0.2) is 5.78 Å². The number of ketones is 1. The molecule has 2 N–H and O–H groups in total. The zero-order valence-electron chi connectivity index (χ0n) is 10.4. The average Bonchev–Trinajstić information content (AvgIpc) is 2.37. The Morgan fingerprint density at radius 1 is 1.58 bits per heavy atom. The van der Waals surface area contributed by atoms with Crippen LogP contribution in [-0.4, -0.2) is 65.0 Å². The first-order valence-corrected chi connectivity index (χ1v) is 6.08. The van der Waals surface area contributed by atoms with E-state index < -0.39 is 5.97 Å². The van der Waals surface area contributed by atoms with Crippen molar-refractivity contribution in [3.05, 3.63) is 11.9 Å². The van der Waals surface area contributed by atoms with E-state index >= 15 is 0 Å². The fraction of sp³-hybridized carbons (Fsp3) is 0.583. The number of rotatable bonds is 4. The van der Waals surface area contributed by atoms with Gasteiger partial charge < -0.3 is 19.8 Å². The normalized spacial score (nSPS) is 23.9. The summed E-state index contributed by atoms with van der Waals surface area (Å²) >= 11 is 0. The molecular formula is C12H16N2O5. The molecule has 2 rings (SSSR count). The third-order valence-corrected chi connectivity index (χ3v) is 2.96. The second-order valence-corrected chi connectivity index (χ2v) is 4.52. The van der Waals surface area contributed by atoms with Crippen molar-refractivity contribution in [2.45, 2.75) is 18.9 Å². The maximum atomic E-state index is 11.6. The summed E-state index contributed by atoms with van der Waals surface area (Å²) in [4.78, 5) is 28.3. The molecule has 7 nitrogen and oxygen atoms in total. The molecule has 1 atom stereocenters. The van der Waals surface area contributed by atoms with Gasteiger partial charge in [0.25, 0.3) is 0 Å². The Morgan fingerprint density at radius 2 is 2.37 bits per heavy atom. The largest absolute Gasteiger partial charge is 0.481 e. The van der Waals surface area contributed by atoms with Gasteiger partial charge in [-0.3, -0.25) is 9.59 Å². The Bertz CT molecular complexity index is 443. The molecule has 0 radical (unpaired) electrons. The molecular weight excluding hydrogens is 252 g/mol. The van der Waals surface area contributed by atoms with Gasteiger partial charge in [0.1, 0.15) is 5.82 Å². The molecule has 0 saturated carbocycles. The lowest BCUT2D eigenvalue weighted by Crippen LogP contribution is -2.43. The molecule has 2 heterocycles. The van der Waals surface area contributed by atoms with Crippen LogP contribution in [0.4, 0.5) is 0 Å². The fourth-order valence-electron chi connectivity index (χ4n) is 2.11. The van der Waals surface area contributed by atoms with E-state index in [1.165, 1.54) is 6.08 Å². The number of aliphatic hydroxyl groups excluding tert-OH is 1. The number of nitrogens with zero attached hydrogens (tertiary/aromatic N) is 2. The van der Waals surface area contributed by atoms with Gasteiger partial charge in [-0.1, -0.05) is 0 Å². The number of hydrogen-bond donors (Lipinski definition) is 2. The summed E-state index contributed by atoms with van der Waals surface area (Å²) in [6, 6.07) is 0. The SMILES string of the molecule is O=C(O)CC1=NC(N2CCOC(CO)C2)=CC(=O)C1. The van der Waals surface area contributed by atoms with Gasteiger partial charge in [0.05, 0.1) is 25.7 Å². The molecule has 0 amide bonds. The first-order valence-electron chi connectivity index (χ1n) is 6.08. The van der Waals surface area contributed by atoms with Gasteiger partial charge in [-0.2, -0.15) is 0 Å². The summed E-state index contributed by atoms with van der Waals surface area (Å²) in [5.74, 6) is -0.675. The van der Waals surface area contributed by atoms with Crippen LogP contribution < -0.4 is 0 Å². The lowest BCUT2D eigenvalue weighted by Gasteiger charge is -2.34. The number of allylic oxidation sites excluding steroid dienone is 1. The van der Waals surface area contributed by atoms with Crippen molar-refractivity contribution in [2.75, 3.05) is 26.3 Å². The van der Waals surface area contributed by atoms with Gasteiger partial charge >= 0.3 is 5.97 Å². The molecule has 2 aliphatic rings. The summed E-state index contributed by atoms with van der Waals surface area (Å²) in [5, 5.41) is 17.8. The second kappa shape index (κ2) is 5.94. The molecule has 1 fully saturated rings. The van der Waals surface area contributed by atoms with Gasteiger partial charge in [-0.15, -0.1) is 0 Å². The number of carboxylic acids is 1. The summed E-state index contributed by atoms with van der Waals surface area (Å²) in [5.41, 5.74) is 0.363. The number of ether oxygens (including phenoxy) is 1. The van der Waals surface area contributed by atoms with E-state index in [0.717, 1.165) is 0 Å². The van der Waals surface area contributed by atoms with Crippen LogP contribution in [-0.2, 0) is 14.3 Å². The predicted octanol–water partition coefficient (Wildman–Crippen LogP) is -0.591. The lowest BCUT2D eigenvalue weighted by molar-refractivity contribution is -0.135. The minimum absolute atomic E-state index is 0.0591. The fourth-order valence-corrected chi connectivity index (χ4v) is 2.11. The van der Waals surface area contributed by atoms with E-state index in [9.17, 15) is 9.59 Å². The van der Waals surface area contributed by atoms with E-state index in [4.69, 9.17) is 14.9 Å². The predicted molar refractivity (Wildman–Crippen MR) is 65.8 cm³/mol. The molecule has 7 heteroatoms. The second-order valence-electron chi connectivity index (χ2n) is 4.52. The van der Waals surface area contributed by atoms with Gasteiger partial charge in [-0.05, 0) is 0 Å². The number of carbonyl (C=O) groups is 2. The van der Waals surface area contributed by atoms with Crippen LogP contribution in [0.25, 0.3) is 0 Å². The first-order chi connectivity index (χ1) is 9.08. The third kappa shape index (κ3) is 3.62. The average molecular weight is 268 g/mol. The van der Waals surface area contributed by atoms with Crippen LogP contribution in [0, 0.1) is 0 Å². The van der Waals surface area contributed by atoms with E-state index in [1.807, 2.05) is 4.90 Å². The minimum Gasteiger partial charge on any atom is -0.481 e. The van der Waals surface area contributed by atoms with Crippen LogP contribution in [0.5, 0.6) is 0 Å². The quantitative estimate of drug-likeness (QED) is 0.707. The van der Waals surface area contributed by atoms with Crippen molar-refractivity contribution in [3.63, 3.8) is 0 Å². The minimum atomic E-state index is -0.997. The van der Waals surface area contributed by atoms with Crippen molar-refractivity contribution in [1.82, 2.24) is 4.90 Å². The number of carbonyl (C=O) groups excluding carboxylic acids is 1. The highest BCUT2D eigenvalue weighted by atomic mass is 16.5. The van der Waals surface area contributed by atoms with E-state index in [0.29, 0.717) is 31.2 Å². The zero-order chi connectivity index (χ0) is 13.8. The van der Waals surface area contributed by atoms with Crippen LogP contribution in [0.2, 0.25) is 0 Å². The van der Waals surface area contributed by atoms with Crippen molar-refractivity contribution in [3.8, 4) is 0 Å². The summed E-state index contributed by atoms with van der Waals surface area (Å²) in [7, 11) is 0. The summed E-state index contributed by atoms with van der Waals surface area (Å²) < 4.78 is 5.32. The molecule has 0 aromatic heterocycles. The highest BCUT2D eigenvalue weighted by molar-refractivity contribution is 6.13. The highest BCUT2D eigenvalue weighted by Crippen LogP contribution is 2.18. The Morgan fingerprint density at radius 3 is 3.05 bits per heavy atom. The molecule has 0 aliphatic carbocycles. The van der Waals surface area contributed by atoms with Crippen molar-refractivity contribution in [1.29, 1.82) is 0 Å².